The lowest BCUT2D eigenvalue weighted by Gasteiger charge is -2.15. The van der Waals surface area contributed by atoms with Crippen molar-refractivity contribution in [3.05, 3.63) is 0 Å². The normalized spacial score (nSPS) is 26.6. The first-order valence-electron chi connectivity index (χ1n) is 6.73. The molecule has 2 fully saturated rings. The Balaban J connectivity index is 1.48. The minimum Gasteiger partial charge on any atom is -0.409 e. The van der Waals surface area contributed by atoms with Crippen molar-refractivity contribution in [2.24, 2.45) is 10.9 Å². The van der Waals surface area contributed by atoms with E-state index in [9.17, 15) is 0 Å². The summed E-state index contributed by atoms with van der Waals surface area (Å²) in [5, 5.41) is 15.0. The van der Waals surface area contributed by atoms with E-state index in [-0.39, 0.29) is 0 Å². The van der Waals surface area contributed by atoms with Crippen molar-refractivity contribution in [3.8, 4) is 0 Å². The summed E-state index contributed by atoms with van der Waals surface area (Å²) in [4.78, 5) is 2.62. The number of amidine groups is 1. The number of oxime groups is 1. The summed E-state index contributed by atoms with van der Waals surface area (Å²) in [5.41, 5.74) is 5.41. The SMILES string of the molecule is NC(CCCCNC1CCN(C2CC2)C1)=NO. The smallest absolute Gasteiger partial charge is 0.139 e. The van der Waals surface area contributed by atoms with Crippen LogP contribution in [0.4, 0.5) is 0 Å². The predicted molar refractivity (Wildman–Crippen MR) is 68.3 cm³/mol. The molecule has 5 nitrogen and oxygen atoms in total. The average Bonchev–Trinajstić information content (AvgIpc) is 3.09. The van der Waals surface area contributed by atoms with E-state index >= 15 is 0 Å². The molecule has 2 aliphatic rings. The molecule has 0 aromatic carbocycles. The van der Waals surface area contributed by atoms with E-state index in [0.717, 1.165) is 25.4 Å². The molecule has 0 bridgehead atoms. The maximum atomic E-state index is 8.39. The Morgan fingerprint density at radius 2 is 2.18 bits per heavy atom. The molecule has 0 aromatic heterocycles. The van der Waals surface area contributed by atoms with E-state index in [1.54, 1.807) is 0 Å². The fourth-order valence-electron chi connectivity index (χ4n) is 2.51. The van der Waals surface area contributed by atoms with E-state index < -0.39 is 0 Å². The molecule has 1 aliphatic heterocycles. The maximum Gasteiger partial charge on any atom is 0.139 e. The van der Waals surface area contributed by atoms with E-state index in [2.05, 4.69) is 15.4 Å². The maximum absolute atomic E-state index is 8.39. The van der Waals surface area contributed by atoms with Gasteiger partial charge in [0, 0.05) is 31.6 Å². The first-order valence-corrected chi connectivity index (χ1v) is 6.73. The summed E-state index contributed by atoms with van der Waals surface area (Å²) in [6.07, 6.45) is 6.88. The molecule has 0 aromatic rings. The fourth-order valence-corrected chi connectivity index (χ4v) is 2.51. The largest absolute Gasteiger partial charge is 0.409 e. The number of nitrogens with one attached hydrogen (secondary N) is 1. The highest BCUT2D eigenvalue weighted by atomic mass is 16.4. The lowest BCUT2D eigenvalue weighted by molar-refractivity contribution is 0.315. The van der Waals surface area contributed by atoms with Crippen LogP contribution < -0.4 is 11.1 Å². The molecule has 1 aliphatic carbocycles. The average molecular weight is 240 g/mol. The minimum absolute atomic E-state index is 0.339. The second kappa shape index (κ2) is 6.21. The number of nitrogens with zero attached hydrogens (tertiary/aromatic N) is 2. The first kappa shape index (κ1) is 12.6. The third-order valence-corrected chi connectivity index (χ3v) is 3.70. The van der Waals surface area contributed by atoms with E-state index in [1.807, 2.05) is 0 Å². The van der Waals surface area contributed by atoms with Gasteiger partial charge >= 0.3 is 0 Å². The molecule has 1 saturated carbocycles. The van der Waals surface area contributed by atoms with Gasteiger partial charge in [0.2, 0.25) is 0 Å². The molecule has 0 radical (unpaired) electrons. The van der Waals surface area contributed by atoms with Gasteiger partial charge in [-0.3, -0.25) is 4.90 Å². The monoisotopic (exact) mass is 240 g/mol. The third kappa shape index (κ3) is 4.16. The van der Waals surface area contributed by atoms with Gasteiger partial charge in [0.1, 0.15) is 5.84 Å². The Morgan fingerprint density at radius 3 is 2.88 bits per heavy atom. The molecule has 1 unspecified atom stereocenters. The number of unbranched alkanes of at least 4 members (excludes halogenated alkanes) is 1. The van der Waals surface area contributed by atoms with Gasteiger partial charge in [-0.1, -0.05) is 5.16 Å². The molecular weight excluding hydrogens is 216 g/mol. The zero-order valence-electron chi connectivity index (χ0n) is 10.4. The number of hydrogen-bond acceptors (Lipinski definition) is 4. The first-order chi connectivity index (χ1) is 8.29. The van der Waals surface area contributed by atoms with Crippen LogP contribution in [0, 0.1) is 0 Å². The standard InChI is InChI=1S/C12H24N4O/c13-12(15-17)3-1-2-7-14-10-6-8-16(9-10)11-4-5-11/h10-11,14,17H,1-9H2,(H2,13,15). The number of likely N-dealkylation sites (tertiary alicyclic amines) is 1. The second-order valence-corrected chi connectivity index (χ2v) is 5.21. The number of nitrogens with two attached hydrogens (primary N) is 1. The Hall–Kier alpha value is -0.810. The van der Waals surface area contributed by atoms with Crippen LogP contribution in [0.1, 0.15) is 38.5 Å². The summed E-state index contributed by atoms with van der Waals surface area (Å²) >= 11 is 0. The summed E-state index contributed by atoms with van der Waals surface area (Å²) in [5.74, 6) is 0.339. The lowest BCUT2D eigenvalue weighted by Crippen LogP contribution is -2.33. The van der Waals surface area contributed by atoms with E-state index in [4.69, 9.17) is 10.9 Å². The van der Waals surface area contributed by atoms with Crippen molar-refractivity contribution in [2.45, 2.75) is 50.6 Å². The van der Waals surface area contributed by atoms with Crippen molar-refractivity contribution in [1.29, 1.82) is 0 Å². The Kier molecular flexibility index (Phi) is 4.62. The molecule has 1 saturated heterocycles. The van der Waals surface area contributed by atoms with Crippen molar-refractivity contribution in [2.75, 3.05) is 19.6 Å². The quantitative estimate of drug-likeness (QED) is 0.202. The van der Waals surface area contributed by atoms with Gasteiger partial charge in [-0.25, -0.2) is 0 Å². The van der Waals surface area contributed by atoms with Gasteiger partial charge < -0.3 is 16.3 Å². The highest BCUT2D eigenvalue weighted by Gasteiger charge is 2.33. The van der Waals surface area contributed by atoms with Crippen LogP contribution in [0.2, 0.25) is 0 Å². The fraction of sp³-hybridized carbons (Fsp3) is 0.917. The molecule has 0 spiro atoms. The van der Waals surface area contributed by atoms with E-state index in [1.165, 1.54) is 32.4 Å². The van der Waals surface area contributed by atoms with Gasteiger partial charge in [-0.15, -0.1) is 0 Å². The molecule has 2 rings (SSSR count). The zero-order valence-corrected chi connectivity index (χ0v) is 10.4. The third-order valence-electron chi connectivity index (χ3n) is 3.70. The number of rotatable bonds is 7. The summed E-state index contributed by atoms with van der Waals surface area (Å²) in [7, 11) is 0. The molecule has 1 heterocycles. The van der Waals surface area contributed by atoms with Crippen LogP contribution in [0.25, 0.3) is 0 Å². The summed E-state index contributed by atoms with van der Waals surface area (Å²) < 4.78 is 0. The van der Waals surface area contributed by atoms with E-state index in [0.29, 0.717) is 18.3 Å². The highest BCUT2D eigenvalue weighted by Crippen LogP contribution is 2.29. The molecule has 98 valence electrons. The predicted octanol–water partition coefficient (Wildman–Crippen LogP) is 0.729. The van der Waals surface area contributed by atoms with Crippen molar-refractivity contribution >= 4 is 5.84 Å². The van der Waals surface area contributed by atoms with Crippen LogP contribution in [0.3, 0.4) is 0 Å². The van der Waals surface area contributed by atoms with Gasteiger partial charge in [0.15, 0.2) is 0 Å². The molecule has 4 N–H and O–H groups in total. The van der Waals surface area contributed by atoms with Crippen molar-refractivity contribution in [3.63, 3.8) is 0 Å². The lowest BCUT2D eigenvalue weighted by atomic mass is 10.2. The zero-order chi connectivity index (χ0) is 12.1. The molecule has 5 heteroatoms. The van der Waals surface area contributed by atoms with Crippen LogP contribution in [-0.2, 0) is 0 Å². The van der Waals surface area contributed by atoms with Crippen LogP contribution in [0.5, 0.6) is 0 Å². The van der Waals surface area contributed by atoms with Crippen LogP contribution in [0.15, 0.2) is 5.16 Å². The Bertz CT molecular complexity index is 265. The van der Waals surface area contributed by atoms with Crippen LogP contribution in [-0.4, -0.2) is 47.7 Å². The topological polar surface area (TPSA) is 73.9 Å². The minimum atomic E-state index is 0.339. The molecule has 17 heavy (non-hydrogen) atoms. The summed E-state index contributed by atoms with van der Waals surface area (Å²) in [6.45, 7) is 3.54. The Morgan fingerprint density at radius 1 is 1.35 bits per heavy atom. The Labute approximate surface area is 103 Å². The molecule has 1 atom stereocenters. The molecular formula is C12H24N4O. The van der Waals surface area contributed by atoms with Gasteiger partial charge in [-0.05, 0) is 38.6 Å². The molecule has 0 amide bonds. The summed E-state index contributed by atoms with van der Waals surface area (Å²) in [6, 6.07) is 1.59. The second-order valence-electron chi connectivity index (χ2n) is 5.21. The van der Waals surface area contributed by atoms with Gasteiger partial charge in [0.05, 0.1) is 0 Å². The highest BCUT2D eigenvalue weighted by molar-refractivity contribution is 5.79. The number of hydrogen-bond donors (Lipinski definition) is 3. The van der Waals surface area contributed by atoms with Crippen LogP contribution >= 0.6 is 0 Å². The van der Waals surface area contributed by atoms with Crippen molar-refractivity contribution < 1.29 is 5.21 Å². The van der Waals surface area contributed by atoms with Gasteiger partial charge in [0.25, 0.3) is 0 Å². The van der Waals surface area contributed by atoms with Gasteiger partial charge in [-0.2, -0.15) is 0 Å². The van der Waals surface area contributed by atoms with Crippen molar-refractivity contribution in [1.82, 2.24) is 10.2 Å².